The minimum atomic E-state index is 0.103. The molecule has 1 aromatic rings. The zero-order chi connectivity index (χ0) is 13.7. The predicted molar refractivity (Wildman–Crippen MR) is 76.6 cm³/mol. The summed E-state index contributed by atoms with van der Waals surface area (Å²) in [7, 11) is 0. The van der Waals surface area contributed by atoms with Crippen LogP contribution < -0.4 is 15.4 Å². The number of carbonyl (C=O) groups excluding carboxylic acids is 1. The Morgan fingerprint density at radius 3 is 2.84 bits per heavy atom. The van der Waals surface area contributed by atoms with Crippen LogP contribution in [-0.4, -0.2) is 25.6 Å². The van der Waals surface area contributed by atoms with E-state index in [4.69, 9.17) is 4.74 Å². The summed E-state index contributed by atoms with van der Waals surface area (Å²) in [6.45, 7) is 6.40. The van der Waals surface area contributed by atoms with Crippen LogP contribution in [0.2, 0.25) is 0 Å². The van der Waals surface area contributed by atoms with E-state index in [1.165, 1.54) is 0 Å². The van der Waals surface area contributed by atoms with E-state index in [1.54, 1.807) is 0 Å². The lowest BCUT2D eigenvalue weighted by molar-refractivity contribution is -0.120. The normalized spacial score (nSPS) is 16.1. The number of rotatable bonds is 4. The number of aryl methyl sites for hydroxylation is 1. The molecular formula is C15H22N2O2. The van der Waals surface area contributed by atoms with Crippen molar-refractivity contribution in [3.05, 3.63) is 23.8 Å². The maximum atomic E-state index is 12.2. The van der Waals surface area contributed by atoms with Crippen molar-refractivity contribution in [2.45, 2.75) is 26.7 Å². The second-order valence-electron chi connectivity index (χ2n) is 4.95. The first-order chi connectivity index (χ1) is 9.20. The van der Waals surface area contributed by atoms with Crippen LogP contribution in [0.5, 0.6) is 5.75 Å². The molecule has 1 saturated heterocycles. The van der Waals surface area contributed by atoms with Crippen LogP contribution in [0.25, 0.3) is 0 Å². The molecule has 0 spiro atoms. The van der Waals surface area contributed by atoms with Crippen molar-refractivity contribution in [2.75, 3.05) is 25.0 Å². The lowest BCUT2D eigenvalue weighted by Gasteiger charge is -2.22. The van der Waals surface area contributed by atoms with E-state index in [-0.39, 0.29) is 11.8 Å². The smallest absolute Gasteiger partial charge is 0.227 e. The first-order valence-electron chi connectivity index (χ1n) is 6.95. The molecule has 1 aromatic carbocycles. The molecule has 1 heterocycles. The standard InChI is InChI=1S/C15H22N2O2/c1-3-19-14-10-11(2)4-5-13(14)17-15(18)12-6-8-16-9-7-12/h4-5,10,12,16H,3,6-9H2,1-2H3,(H,17,18). The van der Waals surface area contributed by atoms with Crippen molar-refractivity contribution < 1.29 is 9.53 Å². The summed E-state index contributed by atoms with van der Waals surface area (Å²) in [5.74, 6) is 0.966. The number of benzene rings is 1. The van der Waals surface area contributed by atoms with Crippen LogP contribution in [0, 0.1) is 12.8 Å². The molecule has 19 heavy (non-hydrogen) atoms. The summed E-state index contributed by atoms with van der Waals surface area (Å²) in [5.41, 5.74) is 1.90. The highest BCUT2D eigenvalue weighted by atomic mass is 16.5. The van der Waals surface area contributed by atoms with Gasteiger partial charge in [0.1, 0.15) is 5.75 Å². The second-order valence-corrected chi connectivity index (χ2v) is 4.95. The summed E-state index contributed by atoms with van der Waals surface area (Å²) < 4.78 is 5.58. The third-order valence-electron chi connectivity index (χ3n) is 3.40. The van der Waals surface area contributed by atoms with Crippen LogP contribution in [0.4, 0.5) is 5.69 Å². The highest BCUT2D eigenvalue weighted by molar-refractivity contribution is 5.94. The minimum absolute atomic E-state index is 0.103. The van der Waals surface area contributed by atoms with Gasteiger partial charge in [0.2, 0.25) is 5.91 Å². The zero-order valence-corrected chi connectivity index (χ0v) is 11.7. The molecule has 1 aliphatic rings. The van der Waals surface area contributed by atoms with Crippen LogP contribution >= 0.6 is 0 Å². The third-order valence-corrected chi connectivity index (χ3v) is 3.40. The number of hydrogen-bond donors (Lipinski definition) is 2. The van der Waals surface area contributed by atoms with Gasteiger partial charge in [0.15, 0.2) is 0 Å². The first-order valence-corrected chi connectivity index (χ1v) is 6.95. The van der Waals surface area contributed by atoms with E-state index in [9.17, 15) is 4.79 Å². The Labute approximate surface area is 114 Å². The summed E-state index contributed by atoms with van der Waals surface area (Å²) in [6, 6.07) is 5.86. The van der Waals surface area contributed by atoms with Crippen molar-refractivity contribution in [2.24, 2.45) is 5.92 Å². The average Bonchev–Trinajstić information content (AvgIpc) is 2.43. The molecular weight excluding hydrogens is 240 g/mol. The van der Waals surface area contributed by atoms with Gasteiger partial charge in [-0.2, -0.15) is 0 Å². The largest absolute Gasteiger partial charge is 0.492 e. The Bertz CT molecular complexity index is 440. The van der Waals surface area contributed by atoms with Crippen molar-refractivity contribution >= 4 is 11.6 Å². The SMILES string of the molecule is CCOc1cc(C)ccc1NC(=O)C1CCNCC1. The second kappa shape index (κ2) is 6.57. The molecule has 1 amide bonds. The minimum Gasteiger partial charge on any atom is -0.492 e. The predicted octanol–water partition coefficient (Wildman–Crippen LogP) is 2.33. The van der Waals surface area contributed by atoms with E-state index in [0.717, 1.165) is 42.9 Å². The Hall–Kier alpha value is -1.55. The van der Waals surface area contributed by atoms with E-state index in [2.05, 4.69) is 10.6 Å². The Morgan fingerprint density at radius 1 is 1.42 bits per heavy atom. The Kier molecular flexibility index (Phi) is 4.80. The first kappa shape index (κ1) is 13.9. The van der Waals surface area contributed by atoms with Crippen LogP contribution in [0.15, 0.2) is 18.2 Å². The molecule has 4 nitrogen and oxygen atoms in total. The number of carbonyl (C=O) groups is 1. The monoisotopic (exact) mass is 262 g/mol. The Morgan fingerprint density at radius 2 is 2.16 bits per heavy atom. The number of amides is 1. The molecule has 0 saturated carbocycles. The fourth-order valence-corrected chi connectivity index (χ4v) is 2.33. The van der Waals surface area contributed by atoms with Crippen molar-refractivity contribution in [1.29, 1.82) is 0 Å². The Balaban J connectivity index is 2.06. The van der Waals surface area contributed by atoms with Crippen molar-refractivity contribution in [3.63, 3.8) is 0 Å². The number of anilines is 1. The quantitative estimate of drug-likeness (QED) is 0.875. The van der Waals surface area contributed by atoms with Gasteiger partial charge < -0.3 is 15.4 Å². The fraction of sp³-hybridized carbons (Fsp3) is 0.533. The van der Waals surface area contributed by atoms with Gasteiger partial charge >= 0.3 is 0 Å². The third kappa shape index (κ3) is 3.70. The lowest BCUT2D eigenvalue weighted by Crippen LogP contribution is -2.34. The van der Waals surface area contributed by atoms with Gasteiger partial charge in [0, 0.05) is 5.92 Å². The summed E-state index contributed by atoms with van der Waals surface area (Å²) in [4.78, 5) is 12.2. The lowest BCUT2D eigenvalue weighted by atomic mass is 9.97. The van der Waals surface area contributed by atoms with Gasteiger partial charge in [-0.15, -0.1) is 0 Å². The highest BCUT2D eigenvalue weighted by Crippen LogP contribution is 2.27. The van der Waals surface area contributed by atoms with E-state index >= 15 is 0 Å². The van der Waals surface area contributed by atoms with Crippen molar-refractivity contribution in [1.82, 2.24) is 5.32 Å². The summed E-state index contributed by atoms with van der Waals surface area (Å²) in [6.07, 6.45) is 1.81. The maximum Gasteiger partial charge on any atom is 0.227 e. The van der Waals surface area contributed by atoms with Gasteiger partial charge in [-0.05, 0) is 57.5 Å². The van der Waals surface area contributed by atoms with Crippen LogP contribution in [0.3, 0.4) is 0 Å². The molecule has 0 unspecified atom stereocenters. The molecule has 2 rings (SSSR count). The van der Waals surface area contributed by atoms with E-state index < -0.39 is 0 Å². The van der Waals surface area contributed by atoms with Crippen LogP contribution in [0.1, 0.15) is 25.3 Å². The average molecular weight is 262 g/mol. The molecule has 0 bridgehead atoms. The van der Waals surface area contributed by atoms with Gasteiger partial charge in [-0.25, -0.2) is 0 Å². The van der Waals surface area contributed by atoms with Gasteiger partial charge in [0.25, 0.3) is 0 Å². The zero-order valence-electron chi connectivity index (χ0n) is 11.7. The number of piperidine rings is 1. The number of ether oxygens (including phenoxy) is 1. The topological polar surface area (TPSA) is 50.4 Å². The van der Waals surface area contributed by atoms with E-state index in [1.807, 2.05) is 32.0 Å². The molecule has 0 aromatic heterocycles. The number of hydrogen-bond acceptors (Lipinski definition) is 3. The molecule has 1 fully saturated rings. The van der Waals surface area contributed by atoms with E-state index in [0.29, 0.717) is 6.61 Å². The molecule has 0 radical (unpaired) electrons. The fourth-order valence-electron chi connectivity index (χ4n) is 2.33. The molecule has 0 aliphatic carbocycles. The van der Waals surface area contributed by atoms with Crippen molar-refractivity contribution in [3.8, 4) is 5.75 Å². The van der Waals surface area contributed by atoms with Gasteiger partial charge in [-0.3, -0.25) is 4.79 Å². The molecule has 0 atom stereocenters. The molecule has 4 heteroatoms. The van der Waals surface area contributed by atoms with Crippen LogP contribution in [-0.2, 0) is 4.79 Å². The maximum absolute atomic E-state index is 12.2. The molecule has 2 N–H and O–H groups in total. The summed E-state index contributed by atoms with van der Waals surface area (Å²) >= 11 is 0. The van der Waals surface area contributed by atoms with Gasteiger partial charge in [0.05, 0.1) is 12.3 Å². The molecule has 104 valence electrons. The summed E-state index contributed by atoms with van der Waals surface area (Å²) in [5, 5.41) is 6.27. The van der Waals surface area contributed by atoms with Gasteiger partial charge in [-0.1, -0.05) is 6.07 Å². The number of nitrogens with one attached hydrogen (secondary N) is 2. The highest BCUT2D eigenvalue weighted by Gasteiger charge is 2.21. The molecule has 1 aliphatic heterocycles.